The molecule has 0 bridgehead atoms. The van der Waals surface area contributed by atoms with Gasteiger partial charge in [0.15, 0.2) is 6.61 Å². The molecule has 120 valence electrons. The second-order valence-corrected chi connectivity index (χ2v) is 5.37. The summed E-state index contributed by atoms with van der Waals surface area (Å²) >= 11 is 3.35. The van der Waals surface area contributed by atoms with Crippen LogP contribution >= 0.6 is 15.9 Å². The van der Waals surface area contributed by atoms with Crippen LogP contribution in [0.5, 0.6) is 11.5 Å². The third-order valence-electron chi connectivity index (χ3n) is 2.79. The summed E-state index contributed by atoms with van der Waals surface area (Å²) in [6.07, 6.45) is 1.56. The van der Waals surface area contributed by atoms with E-state index in [-0.39, 0.29) is 12.5 Å². The van der Waals surface area contributed by atoms with Crippen molar-refractivity contribution in [1.82, 2.24) is 5.43 Å². The maximum atomic E-state index is 11.7. The summed E-state index contributed by atoms with van der Waals surface area (Å²) in [5, 5.41) is 3.89. The Labute approximate surface area is 143 Å². The van der Waals surface area contributed by atoms with Crippen LogP contribution in [0.2, 0.25) is 0 Å². The maximum Gasteiger partial charge on any atom is 0.277 e. The zero-order valence-electron chi connectivity index (χ0n) is 12.7. The molecule has 1 N–H and O–H groups in total. The van der Waals surface area contributed by atoms with Crippen LogP contribution in [0.25, 0.3) is 0 Å². The van der Waals surface area contributed by atoms with Crippen molar-refractivity contribution in [2.45, 2.75) is 6.92 Å². The molecular weight excluding hydrogens is 360 g/mol. The first-order valence-electron chi connectivity index (χ1n) is 7.11. The number of halogens is 1. The maximum absolute atomic E-state index is 11.7. The molecule has 2 aromatic carbocycles. The zero-order chi connectivity index (χ0) is 16.5. The number of hydrogen-bond acceptors (Lipinski definition) is 4. The third-order valence-corrected chi connectivity index (χ3v) is 3.44. The lowest BCUT2D eigenvalue weighted by atomic mass is 10.2. The number of nitrogens with zero attached hydrogens (tertiary/aromatic N) is 1. The molecular formula is C17H17BrN2O3. The Kier molecular flexibility index (Phi) is 6.62. The number of rotatable bonds is 7. The molecule has 23 heavy (non-hydrogen) atoms. The summed E-state index contributed by atoms with van der Waals surface area (Å²) in [5.74, 6) is 1.08. The fraction of sp³-hybridized carbons (Fsp3) is 0.176. The molecule has 1 amide bonds. The van der Waals surface area contributed by atoms with Crippen LogP contribution in [0.4, 0.5) is 0 Å². The topological polar surface area (TPSA) is 59.9 Å². The van der Waals surface area contributed by atoms with E-state index in [0.29, 0.717) is 12.4 Å². The van der Waals surface area contributed by atoms with Crippen LogP contribution in [0, 0.1) is 0 Å². The van der Waals surface area contributed by atoms with Crippen molar-refractivity contribution < 1.29 is 14.3 Å². The van der Waals surface area contributed by atoms with E-state index in [1.54, 1.807) is 12.3 Å². The Morgan fingerprint density at radius 2 is 1.91 bits per heavy atom. The van der Waals surface area contributed by atoms with Crippen molar-refractivity contribution in [1.29, 1.82) is 0 Å². The van der Waals surface area contributed by atoms with Crippen molar-refractivity contribution >= 4 is 28.1 Å². The molecule has 0 fully saturated rings. The minimum atomic E-state index is -0.331. The standard InChI is InChI=1S/C17H17BrN2O3/c1-2-22-14-9-7-13(8-10-14)11-19-20-17(21)12-23-16-6-4-3-5-15(16)18/h3-11H,2,12H2,1H3,(H,20,21)/b19-11+. The van der Waals surface area contributed by atoms with Crippen molar-refractivity contribution in [3.05, 3.63) is 58.6 Å². The molecule has 5 nitrogen and oxygen atoms in total. The van der Waals surface area contributed by atoms with E-state index in [2.05, 4.69) is 26.5 Å². The third kappa shape index (κ3) is 5.75. The second-order valence-electron chi connectivity index (χ2n) is 4.51. The average molecular weight is 377 g/mol. The van der Waals surface area contributed by atoms with Gasteiger partial charge < -0.3 is 9.47 Å². The molecule has 0 aliphatic carbocycles. The molecule has 0 atom stereocenters. The first-order valence-corrected chi connectivity index (χ1v) is 7.90. The van der Waals surface area contributed by atoms with E-state index in [4.69, 9.17) is 9.47 Å². The van der Waals surface area contributed by atoms with Gasteiger partial charge in [-0.3, -0.25) is 4.79 Å². The molecule has 0 unspecified atom stereocenters. The summed E-state index contributed by atoms with van der Waals surface area (Å²) in [5.41, 5.74) is 3.28. The van der Waals surface area contributed by atoms with Gasteiger partial charge in [-0.05, 0) is 64.8 Å². The summed E-state index contributed by atoms with van der Waals surface area (Å²) in [6.45, 7) is 2.45. The molecule has 0 heterocycles. The van der Waals surface area contributed by atoms with Crippen LogP contribution in [0.1, 0.15) is 12.5 Å². The van der Waals surface area contributed by atoms with Crippen molar-refractivity contribution in [2.75, 3.05) is 13.2 Å². The molecule has 0 aliphatic heterocycles. The number of carbonyl (C=O) groups excluding carboxylic acids is 1. The molecule has 0 saturated carbocycles. The first kappa shape index (κ1) is 17.0. The highest BCUT2D eigenvalue weighted by atomic mass is 79.9. The number of nitrogens with one attached hydrogen (secondary N) is 1. The Bertz CT molecular complexity index is 672. The van der Waals surface area contributed by atoms with Crippen molar-refractivity contribution in [3.8, 4) is 11.5 Å². The SMILES string of the molecule is CCOc1ccc(/C=N/NC(=O)COc2ccccc2Br)cc1. The summed E-state index contributed by atoms with van der Waals surface area (Å²) in [7, 11) is 0. The average Bonchev–Trinajstić information content (AvgIpc) is 2.56. The fourth-order valence-electron chi connectivity index (χ4n) is 1.73. The quantitative estimate of drug-likeness (QED) is 0.595. The van der Waals surface area contributed by atoms with E-state index in [1.165, 1.54) is 0 Å². The van der Waals surface area contributed by atoms with E-state index in [9.17, 15) is 4.79 Å². The van der Waals surface area contributed by atoms with Gasteiger partial charge in [-0.1, -0.05) is 12.1 Å². The number of benzene rings is 2. The Morgan fingerprint density at radius 1 is 1.17 bits per heavy atom. The molecule has 0 spiro atoms. The minimum absolute atomic E-state index is 0.108. The first-order chi connectivity index (χ1) is 11.2. The Morgan fingerprint density at radius 3 is 2.61 bits per heavy atom. The van der Waals surface area contributed by atoms with Crippen LogP contribution in [0.15, 0.2) is 58.1 Å². The van der Waals surface area contributed by atoms with Crippen LogP contribution in [0.3, 0.4) is 0 Å². The lowest BCUT2D eigenvalue weighted by molar-refractivity contribution is -0.123. The number of carbonyl (C=O) groups is 1. The Balaban J connectivity index is 1.78. The molecule has 2 aromatic rings. The van der Waals surface area contributed by atoms with Gasteiger partial charge in [0.1, 0.15) is 11.5 Å². The molecule has 0 aliphatic rings. The number of amides is 1. The minimum Gasteiger partial charge on any atom is -0.494 e. The van der Waals surface area contributed by atoms with Gasteiger partial charge in [-0.25, -0.2) is 5.43 Å². The highest BCUT2D eigenvalue weighted by molar-refractivity contribution is 9.10. The van der Waals surface area contributed by atoms with E-state index in [1.807, 2.05) is 49.4 Å². The molecule has 0 aromatic heterocycles. The largest absolute Gasteiger partial charge is 0.494 e. The van der Waals surface area contributed by atoms with E-state index in [0.717, 1.165) is 15.8 Å². The highest BCUT2D eigenvalue weighted by Crippen LogP contribution is 2.23. The Hall–Kier alpha value is -2.34. The van der Waals surface area contributed by atoms with Crippen molar-refractivity contribution in [3.63, 3.8) is 0 Å². The van der Waals surface area contributed by atoms with Crippen LogP contribution in [-0.2, 0) is 4.79 Å². The van der Waals surface area contributed by atoms with Gasteiger partial charge in [-0.15, -0.1) is 0 Å². The van der Waals surface area contributed by atoms with E-state index >= 15 is 0 Å². The van der Waals surface area contributed by atoms with Crippen LogP contribution < -0.4 is 14.9 Å². The van der Waals surface area contributed by atoms with Crippen molar-refractivity contribution in [2.24, 2.45) is 5.10 Å². The lowest BCUT2D eigenvalue weighted by Crippen LogP contribution is -2.24. The van der Waals surface area contributed by atoms with Gasteiger partial charge in [0.05, 0.1) is 17.3 Å². The molecule has 2 rings (SSSR count). The van der Waals surface area contributed by atoms with Gasteiger partial charge in [0, 0.05) is 0 Å². The van der Waals surface area contributed by atoms with Gasteiger partial charge in [-0.2, -0.15) is 5.10 Å². The fourth-order valence-corrected chi connectivity index (χ4v) is 2.13. The normalized spacial score (nSPS) is 10.5. The predicted molar refractivity (Wildman–Crippen MR) is 93.0 cm³/mol. The number of hydrogen-bond donors (Lipinski definition) is 1. The number of hydrazone groups is 1. The summed E-state index contributed by atoms with van der Waals surface area (Å²) < 4.78 is 11.5. The van der Waals surface area contributed by atoms with E-state index < -0.39 is 0 Å². The second kappa shape index (κ2) is 8.95. The number of para-hydroxylation sites is 1. The highest BCUT2D eigenvalue weighted by Gasteiger charge is 2.03. The van der Waals surface area contributed by atoms with Gasteiger partial charge in [0.2, 0.25) is 0 Å². The molecule has 0 saturated heterocycles. The lowest BCUT2D eigenvalue weighted by Gasteiger charge is -2.06. The predicted octanol–water partition coefficient (Wildman–Crippen LogP) is 3.38. The zero-order valence-corrected chi connectivity index (χ0v) is 14.2. The number of ether oxygens (including phenoxy) is 2. The molecule has 0 radical (unpaired) electrons. The van der Waals surface area contributed by atoms with Crippen LogP contribution in [-0.4, -0.2) is 25.3 Å². The van der Waals surface area contributed by atoms with Gasteiger partial charge in [0.25, 0.3) is 5.91 Å². The monoisotopic (exact) mass is 376 g/mol. The smallest absolute Gasteiger partial charge is 0.277 e. The summed E-state index contributed by atoms with van der Waals surface area (Å²) in [6, 6.07) is 14.7. The summed E-state index contributed by atoms with van der Waals surface area (Å²) in [4.78, 5) is 11.7. The van der Waals surface area contributed by atoms with Gasteiger partial charge >= 0.3 is 0 Å². The molecule has 6 heteroatoms.